The average molecular weight is 269 g/mol. The summed E-state index contributed by atoms with van der Waals surface area (Å²) >= 11 is 3.43. The van der Waals surface area contributed by atoms with E-state index in [1.165, 1.54) is 0 Å². The molecule has 0 bridgehead atoms. The fourth-order valence-electron chi connectivity index (χ4n) is 1.86. The zero-order valence-electron chi connectivity index (χ0n) is 8.73. The lowest BCUT2D eigenvalue weighted by Crippen LogP contribution is -2.26. The number of amides is 1. The Morgan fingerprint density at radius 1 is 1.47 bits per heavy atom. The molecule has 0 radical (unpaired) electrons. The lowest BCUT2D eigenvalue weighted by molar-refractivity contribution is -0.119. The number of carbonyl (C=O) groups excluding carboxylic acids is 1. The number of halogens is 1. The molecule has 1 amide bonds. The van der Waals surface area contributed by atoms with E-state index >= 15 is 0 Å². The van der Waals surface area contributed by atoms with Crippen molar-refractivity contribution >= 4 is 27.5 Å². The summed E-state index contributed by atoms with van der Waals surface area (Å²) in [7, 11) is 0. The maximum absolute atomic E-state index is 11.8. The van der Waals surface area contributed by atoms with E-state index in [4.69, 9.17) is 5.73 Å². The normalized spacial score (nSPS) is 17.5. The molecule has 0 aliphatic carbocycles. The van der Waals surface area contributed by atoms with Crippen LogP contribution in [0.25, 0.3) is 0 Å². The lowest BCUT2D eigenvalue weighted by Gasteiger charge is -2.15. The molecule has 4 heteroatoms. The highest BCUT2D eigenvalue weighted by molar-refractivity contribution is 9.10. The molecule has 1 aromatic rings. The molecule has 1 aliphatic heterocycles. The Balaban J connectivity index is 2.68. The van der Waals surface area contributed by atoms with Gasteiger partial charge in [0, 0.05) is 16.7 Å². The van der Waals surface area contributed by atoms with Crippen molar-refractivity contribution in [2.24, 2.45) is 5.73 Å². The second kappa shape index (κ2) is 3.32. The first kappa shape index (κ1) is 10.6. The number of nitrogens with one attached hydrogen (secondary N) is 1. The van der Waals surface area contributed by atoms with Crippen LogP contribution in [0.3, 0.4) is 0 Å². The molecule has 0 atom stereocenters. The number of hydrogen-bond acceptors (Lipinski definition) is 2. The molecule has 0 saturated heterocycles. The molecule has 1 heterocycles. The minimum absolute atomic E-state index is 0.0327. The number of anilines is 1. The van der Waals surface area contributed by atoms with Gasteiger partial charge in [-0.05, 0) is 37.1 Å². The minimum Gasteiger partial charge on any atom is -0.326 e. The van der Waals surface area contributed by atoms with E-state index < -0.39 is 5.41 Å². The highest BCUT2D eigenvalue weighted by Crippen LogP contribution is 2.40. The summed E-state index contributed by atoms with van der Waals surface area (Å²) in [4.78, 5) is 11.8. The molecule has 3 nitrogen and oxygen atoms in total. The summed E-state index contributed by atoms with van der Waals surface area (Å²) in [6.45, 7) is 4.26. The number of nitrogens with two attached hydrogens (primary N) is 1. The lowest BCUT2D eigenvalue weighted by atomic mass is 9.85. The van der Waals surface area contributed by atoms with Gasteiger partial charge >= 0.3 is 0 Å². The molecule has 1 aliphatic rings. The molecule has 0 unspecified atom stereocenters. The molecule has 0 spiro atoms. The number of benzene rings is 1. The number of fused-ring (bicyclic) bond motifs is 1. The molecule has 0 saturated carbocycles. The third-order valence-corrected chi connectivity index (χ3v) is 3.34. The van der Waals surface area contributed by atoms with Gasteiger partial charge in [-0.2, -0.15) is 0 Å². The molecule has 0 aromatic heterocycles. The molecular formula is C11H13BrN2O. The van der Waals surface area contributed by atoms with Crippen LogP contribution >= 0.6 is 15.9 Å². The van der Waals surface area contributed by atoms with E-state index in [1.807, 2.05) is 26.0 Å². The van der Waals surface area contributed by atoms with Crippen molar-refractivity contribution in [3.8, 4) is 0 Å². The van der Waals surface area contributed by atoms with E-state index in [1.54, 1.807) is 0 Å². The summed E-state index contributed by atoms with van der Waals surface area (Å²) in [5.41, 5.74) is 8.06. The Hall–Kier alpha value is -0.870. The molecular weight excluding hydrogens is 256 g/mol. The zero-order valence-corrected chi connectivity index (χ0v) is 10.3. The first-order valence-corrected chi connectivity index (χ1v) is 5.60. The van der Waals surface area contributed by atoms with Crippen molar-refractivity contribution in [1.82, 2.24) is 0 Å². The first-order chi connectivity index (χ1) is 6.96. The Morgan fingerprint density at radius 3 is 2.73 bits per heavy atom. The van der Waals surface area contributed by atoms with Crippen LogP contribution in [-0.2, 0) is 16.8 Å². The second-order valence-electron chi connectivity index (χ2n) is 4.27. The Labute approximate surface area is 97.2 Å². The number of carbonyl (C=O) groups is 1. The van der Waals surface area contributed by atoms with Crippen molar-refractivity contribution in [3.05, 3.63) is 27.7 Å². The molecule has 1 aromatic carbocycles. The smallest absolute Gasteiger partial charge is 0.234 e. The summed E-state index contributed by atoms with van der Waals surface area (Å²) in [6.07, 6.45) is 0. The van der Waals surface area contributed by atoms with Crippen LogP contribution in [0.4, 0.5) is 5.69 Å². The molecule has 0 fully saturated rings. The molecule has 80 valence electrons. The summed E-state index contributed by atoms with van der Waals surface area (Å²) in [5, 5.41) is 2.89. The van der Waals surface area contributed by atoms with Crippen LogP contribution in [0.15, 0.2) is 16.6 Å². The van der Waals surface area contributed by atoms with Gasteiger partial charge in [-0.1, -0.05) is 15.9 Å². The van der Waals surface area contributed by atoms with E-state index in [9.17, 15) is 4.79 Å². The van der Waals surface area contributed by atoms with E-state index in [2.05, 4.69) is 21.2 Å². The van der Waals surface area contributed by atoms with Crippen LogP contribution in [0, 0.1) is 0 Å². The van der Waals surface area contributed by atoms with Gasteiger partial charge in [0.25, 0.3) is 0 Å². The van der Waals surface area contributed by atoms with Crippen molar-refractivity contribution < 1.29 is 4.79 Å². The predicted molar refractivity (Wildman–Crippen MR) is 63.7 cm³/mol. The van der Waals surface area contributed by atoms with Gasteiger partial charge in [-0.25, -0.2) is 0 Å². The van der Waals surface area contributed by atoms with Crippen molar-refractivity contribution in [1.29, 1.82) is 0 Å². The zero-order chi connectivity index (χ0) is 11.2. The van der Waals surface area contributed by atoms with Gasteiger partial charge in [-0.3, -0.25) is 4.79 Å². The number of rotatable bonds is 1. The van der Waals surface area contributed by atoms with Gasteiger partial charge < -0.3 is 11.1 Å². The van der Waals surface area contributed by atoms with Crippen LogP contribution in [-0.4, -0.2) is 5.91 Å². The summed E-state index contributed by atoms with van der Waals surface area (Å²) in [6, 6.07) is 3.92. The van der Waals surface area contributed by atoms with E-state index in [0.29, 0.717) is 6.54 Å². The molecule has 2 rings (SSSR count). The standard InChI is InChI=1S/C11H13BrN2O/c1-11(2)8-4-7(12)3-6(5-13)9(8)14-10(11)15/h3-4H,5,13H2,1-2H3,(H,14,15). The first-order valence-electron chi connectivity index (χ1n) is 4.81. The summed E-state index contributed by atoms with van der Waals surface area (Å²) in [5.74, 6) is 0.0327. The van der Waals surface area contributed by atoms with Crippen LogP contribution in [0.5, 0.6) is 0 Å². The molecule has 3 N–H and O–H groups in total. The van der Waals surface area contributed by atoms with Crippen LogP contribution < -0.4 is 11.1 Å². The van der Waals surface area contributed by atoms with Crippen LogP contribution in [0.2, 0.25) is 0 Å². The summed E-state index contributed by atoms with van der Waals surface area (Å²) < 4.78 is 0.964. The quantitative estimate of drug-likeness (QED) is 0.820. The largest absolute Gasteiger partial charge is 0.326 e. The SMILES string of the molecule is CC1(C)C(=O)Nc2c(CN)cc(Br)cc21. The van der Waals surface area contributed by atoms with E-state index in [-0.39, 0.29) is 5.91 Å². The highest BCUT2D eigenvalue weighted by Gasteiger charge is 2.39. The third kappa shape index (κ3) is 1.48. The average Bonchev–Trinajstić information content (AvgIpc) is 2.39. The Kier molecular flexibility index (Phi) is 2.35. The predicted octanol–water partition coefficient (Wildman–Crippen LogP) is 2.14. The van der Waals surface area contributed by atoms with Gasteiger partial charge in [-0.15, -0.1) is 0 Å². The van der Waals surface area contributed by atoms with E-state index in [0.717, 1.165) is 21.3 Å². The molecule has 15 heavy (non-hydrogen) atoms. The fraction of sp³-hybridized carbons (Fsp3) is 0.364. The maximum Gasteiger partial charge on any atom is 0.234 e. The highest BCUT2D eigenvalue weighted by atomic mass is 79.9. The van der Waals surface area contributed by atoms with Gasteiger partial charge in [0.05, 0.1) is 5.41 Å². The minimum atomic E-state index is -0.469. The topological polar surface area (TPSA) is 55.1 Å². The third-order valence-electron chi connectivity index (χ3n) is 2.88. The van der Waals surface area contributed by atoms with Crippen molar-refractivity contribution in [2.75, 3.05) is 5.32 Å². The Bertz CT molecular complexity index is 440. The van der Waals surface area contributed by atoms with Gasteiger partial charge in [0.1, 0.15) is 0 Å². The van der Waals surface area contributed by atoms with Gasteiger partial charge in [0.2, 0.25) is 5.91 Å². The fourth-order valence-corrected chi connectivity index (χ4v) is 2.36. The van der Waals surface area contributed by atoms with Crippen LogP contribution in [0.1, 0.15) is 25.0 Å². The van der Waals surface area contributed by atoms with Crippen molar-refractivity contribution in [2.45, 2.75) is 25.8 Å². The second-order valence-corrected chi connectivity index (χ2v) is 5.19. The maximum atomic E-state index is 11.8. The monoisotopic (exact) mass is 268 g/mol. The number of hydrogen-bond donors (Lipinski definition) is 2. The Morgan fingerprint density at radius 2 is 2.13 bits per heavy atom. The van der Waals surface area contributed by atoms with Crippen molar-refractivity contribution in [3.63, 3.8) is 0 Å². The van der Waals surface area contributed by atoms with Gasteiger partial charge in [0.15, 0.2) is 0 Å².